The number of hydrogen-bond acceptors (Lipinski definition) is 2. The molecule has 3 heteroatoms. The van der Waals surface area contributed by atoms with E-state index >= 15 is 0 Å². The lowest BCUT2D eigenvalue weighted by Gasteiger charge is -2.33. The number of nitrogens with zero attached hydrogens (tertiary/aromatic N) is 1. The molecular formula is C18H27FN2. The van der Waals surface area contributed by atoms with Gasteiger partial charge in [-0.2, -0.15) is 0 Å². The van der Waals surface area contributed by atoms with Crippen molar-refractivity contribution >= 4 is 0 Å². The first kappa shape index (κ1) is 15.0. The SMILES string of the molecule is Cc1ccc(F)c(C(CN)N(C)CC2CC3CCC2C3)c1. The van der Waals surface area contributed by atoms with Crippen molar-refractivity contribution in [2.75, 3.05) is 20.1 Å². The molecule has 0 radical (unpaired) electrons. The average Bonchev–Trinajstić information content (AvgIpc) is 3.06. The summed E-state index contributed by atoms with van der Waals surface area (Å²) in [5, 5.41) is 0. The first-order valence-electron chi connectivity index (χ1n) is 8.24. The highest BCUT2D eigenvalue weighted by Gasteiger charge is 2.40. The van der Waals surface area contributed by atoms with Crippen molar-refractivity contribution in [2.24, 2.45) is 23.5 Å². The predicted octanol–water partition coefficient (Wildman–Crippen LogP) is 3.50. The van der Waals surface area contributed by atoms with Crippen LogP contribution in [0.4, 0.5) is 4.39 Å². The fourth-order valence-electron chi connectivity index (χ4n) is 4.56. The van der Waals surface area contributed by atoms with Gasteiger partial charge in [-0.25, -0.2) is 4.39 Å². The minimum atomic E-state index is -0.129. The maximum atomic E-state index is 14.1. The Labute approximate surface area is 127 Å². The molecule has 0 heterocycles. The molecule has 2 nitrogen and oxygen atoms in total. The molecule has 0 aromatic heterocycles. The number of likely N-dealkylation sites (N-methyl/N-ethyl adjacent to an activating group) is 1. The Balaban J connectivity index is 1.71. The number of halogens is 1. The maximum Gasteiger partial charge on any atom is 0.128 e. The van der Waals surface area contributed by atoms with E-state index in [1.54, 1.807) is 6.07 Å². The van der Waals surface area contributed by atoms with Crippen LogP contribution in [0, 0.1) is 30.5 Å². The summed E-state index contributed by atoms with van der Waals surface area (Å²) in [4.78, 5) is 2.28. The zero-order valence-corrected chi connectivity index (χ0v) is 13.2. The van der Waals surface area contributed by atoms with Gasteiger partial charge < -0.3 is 5.73 Å². The van der Waals surface area contributed by atoms with Crippen LogP contribution >= 0.6 is 0 Å². The highest BCUT2D eigenvalue weighted by molar-refractivity contribution is 5.27. The van der Waals surface area contributed by atoms with Gasteiger partial charge in [0.25, 0.3) is 0 Å². The molecule has 116 valence electrons. The van der Waals surface area contributed by atoms with Gasteiger partial charge >= 0.3 is 0 Å². The summed E-state index contributed by atoms with van der Waals surface area (Å²) in [5.74, 6) is 2.52. The van der Waals surface area contributed by atoms with Crippen LogP contribution in [0.25, 0.3) is 0 Å². The summed E-state index contributed by atoms with van der Waals surface area (Å²) in [7, 11) is 2.10. The highest BCUT2D eigenvalue weighted by atomic mass is 19.1. The van der Waals surface area contributed by atoms with E-state index in [0.29, 0.717) is 6.54 Å². The highest BCUT2D eigenvalue weighted by Crippen LogP contribution is 2.48. The third kappa shape index (κ3) is 3.00. The maximum absolute atomic E-state index is 14.1. The van der Waals surface area contributed by atoms with Crippen LogP contribution in [0.2, 0.25) is 0 Å². The molecule has 2 N–H and O–H groups in total. The molecule has 2 bridgehead atoms. The minimum Gasteiger partial charge on any atom is -0.329 e. The molecule has 2 fully saturated rings. The van der Waals surface area contributed by atoms with Gasteiger partial charge in [0.15, 0.2) is 0 Å². The Morgan fingerprint density at radius 3 is 2.76 bits per heavy atom. The Morgan fingerprint density at radius 2 is 2.14 bits per heavy atom. The number of benzene rings is 1. The molecule has 0 aliphatic heterocycles. The lowest BCUT2D eigenvalue weighted by molar-refractivity contribution is 0.173. The molecule has 4 atom stereocenters. The van der Waals surface area contributed by atoms with Gasteiger partial charge in [0.05, 0.1) is 0 Å². The van der Waals surface area contributed by atoms with E-state index in [9.17, 15) is 4.39 Å². The van der Waals surface area contributed by atoms with Crippen molar-refractivity contribution < 1.29 is 4.39 Å². The summed E-state index contributed by atoms with van der Waals surface area (Å²) in [6.45, 7) is 3.53. The molecule has 2 aliphatic rings. The number of nitrogens with two attached hydrogens (primary N) is 1. The Hall–Kier alpha value is -0.930. The van der Waals surface area contributed by atoms with Gasteiger partial charge in [-0.3, -0.25) is 4.90 Å². The average molecular weight is 290 g/mol. The largest absolute Gasteiger partial charge is 0.329 e. The Morgan fingerprint density at radius 1 is 1.33 bits per heavy atom. The van der Waals surface area contributed by atoms with Crippen LogP contribution in [0.1, 0.15) is 42.9 Å². The molecule has 21 heavy (non-hydrogen) atoms. The van der Waals surface area contributed by atoms with Crippen LogP contribution in [0.5, 0.6) is 0 Å². The quantitative estimate of drug-likeness (QED) is 0.899. The van der Waals surface area contributed by atoms with E-state index in [0.717, 1.165) is 35.4 Å². The van der Waals surface area contributed by atoms with Crippen LogP contribution in [0.3, 0.4) is 0 Å². The number of hydrogen-bond donors (Lipinski definition) is 1. The molecule has 0 amide bonds. The second kappa shape index (κ2) is 6.05. The smallest absolute Gasteiger partial charge is 0.128 e. The summed E-state index contributed by atoms with van der Waals surface area (Å²) in [6.07, 6.45) is 5.61. The molecule has 1 aromatic carbocycles. The van der Waals surface area contributed by atoms with Gasteiger partial charge in [0.2, 0.25) is 0 Å². The molecule has 3 rings (SSSR count). The van der Waals surface area contributed by atoms with Crippen LogP contribution in [-0.2, 0) is 0 Å². The zero-order chi connectivity index (χ0) is 15.0. The van der Waals surface area contributed by atoms with Crippen LogP contribution < -0.4 is 5.73 Å². The molecule has 2 saturated carbocycles. The van der Waals surface area contributed by atoms with E-state index in [2.05, 4.69) is 11.9 Å². The van der Waals surface area contributed by atoms with Crippen LogP contribution in [0.15, 0.2) is 18.2 Å². The van der Waals surface area contributed by atoms with Crippen molar-refractivity contribution in [3.8, 4) is 0 Å². The van der Waals surface area contributed by atoms with Crippen molar-refractivity contribution in [3.05, 3.63) is 35.1 Å². The predicted molar refractivity (Wildman–Crippen MR) is 84.5 cm³/mol. The summed E-state index contributed by atoms with van der Waals surface area (Å²) in [5.41, 5.74) is 7.81. The molecule has 0 spiro atoms. The van der Waals surface area contributed by atoms with Crippen molar-refractivity contribution in [2.45, 2.75) is 38.6 Å². The number of fused-ring (bicyclic) bond motifs is 2. The van der Waals surface area contributed by atoms with E-state index in [1.165, 1.54) is 25.7 Å². The van der Waals surface area contributed by atoms with E-state index < -0.39 is 0 Å². The molecule has 1 aromatic rings. The third-order valence-electron chi connectivity index (χ3n) is 5.67. The molecule has 4 unspecified atom stereocenters. The number of aryl methyl sites for hydroxylation is 1. The molecular weight excluding hydrogens is 263 g/mol. The molecule has 0 saturated heterocycles. The van der Waals surface area contributed by atoms with Crippen LogP contribution in [-0.4, -0.2) is 25.0 Å². The second-order valence-corrected chi connectivity index (χ2v) is 7.15. The summed E-state index contributed by atoms with van der Waals surface area (Å²) in [6, 6.07) is 5.33. The topological polar surface area (TPSA) is 29.3 Å². The normalized spacial score (nSPS) is 29.3. The fraction of sp³-hybridized carbons (Fsp3) is 0.667. The number of rotatable bonds is 5. The lowest BCUT2D eigenvalue weighted by atomic mass is 9.88. The van der Waals surface area contributed by atoms with Gasteiger partial charge in [0, 0.05) is 24.7 Å². The second-order valence-electron chi connectivity index (χ2n) is 7.15. The minimum absolute atomic E-state index is 0.0102. The van der Waals surface area contributed by atoms with Gasteiger partial charge in [-0.05, 0) is 57.1 Å². The fourth-order valence-corrected chi connectivity index (χ4v) is 4.56. The van der Waals surface area contributed by atoms with Gasteiger partial charge in [-0.1, -0.05) is 24.1 Å². The van der Waals surface area contributed by atoms with Crippen molar-refractivity contribution in [1.82, 2.24) is 4.90 Å². The summed E-state index contributed by atoms with van der Waals surface area (Å²) < 4.78 is 14.1. The third-order valence-corrected chi connectivity index (χ3v) is 5.67. The summed E-state index contributed by atoms with van der Waals surface area (Å²) >= 11 is 0. The van der Waals surface area contributed by atoms with E-state index in [4.69, 9.17) is 5.73 Å². The van der Waals surface area contributed by atoms with Gasteiger partial charge in [0.1, 0.15) is 5.82 Å². The molecule has 2 aliphatic carbocycles. The lowest BCUT2D eigenvalue weighted by Crippen LogP contribution is -2.36. The van der Waals surface area contributed by atoms with Gasteiger partial charge in [-0.15, -0.1) is 0 Å². The Bertz CT molecular complexity index is 502. The standard InChI is InChI=1S/C18H27FN2/c1-12-3-6-17(19)16(7-12)18(10-20)21(2)11-15-9-13-4-5-14(15)8-13/h3,6-7,13-15,18H,4-5,8-11,20H2,1-2H3. The first-order valence-corrected chi connectivity index (χ1v) is 8.24. The van der Waals surface area contributed by atoms with E-state index in [-0.39, 0.29) is 11.9 Å². The van der Waals surface area contributed by atoms with Crippen molar-refractivity contribution in [1.29, 1.82) is 0 Å². The first-order chi connectivity index (χ1) is 10.1. The van der Waals surface area contributed by atoms with Crippen molar-refractivity contribution in [3.63, 3.8) is 0 Å². The Kier molecular flexibility index (Phi) is 4.32. The van der Waals surface area contributed by atoms with E-state index in [1.807, 2.05) is 19.1 Å². The zero-order valence-electron chi connectivity index (χ0n) is 13.2. The monoisotopic (exact) mass is 290 g/mol.